The maximum absolute atomic E-state index is 12.5. The van der Waals surface area contributed by atoms with Gasteiger partial charge in [-0.3, -0.25) is 4.79 Å². The number of fused-ring (bicyclic) bond motifs is 3. The molecule has 0 aliphatic heterocycles. The smallest absolute Gasteiger partial charge is 0.407 e. The Labute approximate surface area is 180 Å². The number of carbonyl (C=O) groups excluding carboxylic acids is 2. The fraction of sp³-hybridized carbons (Fsp3) is 0.348. The van der Waals surface area contributed by atoms with Gasteiger partial charge in [0.25, 0.3) is 0 Å². The summed E-state index contributed by atoms with van der Waals surface area (Å²) in [6.45, 7) is 2.77. The molecule has 0 unspecified atom stereocenters. The monoisotopic (exact) mass is 426 g/mol. The van der Waals surface area contributed by atoms with E-state index >= 15 is 0 Å². The number of amides is 2. The molecule has 0 saturated carbocycles. The second-order valence-corrected chi connectivity index (χ2v) is 7.77. The molecule has 0 spiro atoms. The molecule has 2 aromatic carbocycles. The maximum atomic E-state index is 12.5. The Morgan fingerprint density at radius 1 is 0.968 bits per heavy atom. The summed E-state index contributed by atoms with van der Waals surface area (Å²) in [7, 11) is 0. The predicted molar refractivity (Wildman–Crippen MR) is 113 cm³/mol. The van der Waals surface area contributed by atoms with Gasteiger partial charge in [-0.1, -0.05) is 62.4 Å². The van der Waals surface area contributed by atoms with Crippen molar-refractivity contribution >= 4 is 18.0 Å². The molecule has 164 valence electrons. The number of carboxylic acids is 1. The molecular formula is C23H26N2O6. The van der Waals surface area contributed by atoms with Gasteiger partial charge in [0.15, 0.2) is 0 Å². The molecule has 1 aliphatic rings. The van der Waals surface area contributed by atoms with Crippen LogP contribution in [0.1, 0.15) is 30.9 Å². The molecule has 0 saturated heterocycles. The van der Waals surface area contributed by atoms with E-state index in [1.165, 1.54) is 0 Å². The lowest BCUT2D eigenvalue weighted by molar-refractivity contribution is -0.143. The number of aliphatic carboxylic acids is 1. The van der Waals surface area contributed by atoms with E-state index in [0.717, 1.165) is 22.3 Å². The minimum atomic E-state index is -1.45. The molecule has 0 heterocycles. The number of ether oxygens (including phenoxy) is 1. The van der Waals surface area contributed by atoms with Crippen LogP contribution in [0, 0.1) is 5.92 Å². The van der Waals surface area contributed by atoms with Crippen LogP contribution < -0.4 is 10.6 Å². The lowest BCUT2D eigenvalue weighted by atomic mass is 9.98. The molecular weight excluding hydrogens is 400 g/mol. The number of alkyl carbamates (subject to hydrolysis) is 1. The van der Waals surface area contributed by atoms with Gasteiger partial charge in [-0.2, -0.15) is 0 Å². The van der Waals surface area contributed by atoms with Gasteiger partial charge in [-0.05, 0) is 28.2 Å². The number of carbonyl (C=O) groups is 3. The molecule has 2 atom stereocenters. The first-order valence-corrected chi connectivity index (χ1v) is 10.1. The topological polar surface area (TPSA) is 125 Å². The number of hydrogen-bond acceptors (Lipinski definition) is 5. The Balaban J connectivity index is 1.66. The fourth-order valence-corrected chi connectivity index (χ4v) is 3.75. The highest BCUT2D eigenvalue weighted by Gasteiger charge is 2.31. The average molecular weight is 426 g/mol. The summed E-state index contributed by atoms with van der Waals surface area (Å²) >= 11 is 0. The fourth-order valence-electron chi connectivity index (χ4n) is 3.75. The molecule has 3 rings (SSSR count). The number of nitrogens with one attached hydrogen (secondary N) is 2. The van der Waals surface area contributed by atoms with E-state index in [0.29, 0.717) is 0 Å². The Morgan fingerprint density at radius 3 is 2.00 bits per heavy atom. The third kappa shape index (κ3) is 4.86. The van der Waals surface area contributed by atoms with Gasteiger partial charge < -0.3 is 25.6 Å². The van der Waals surface area contributed by atoms with E-state index in [2.05, 4.69) is 10.6 Å². The third-order valence-corrected chi connectivity index (χ3v) is 5.36. The molecule has 31 heavy (non-hydrogen) atoms. The molecule has 1 aliphatic carbocycles. The van der Waals surface area contributed by atoms with Crippen LogP contribution in [0.2, 0.25) is 0 Å². The maximum Gasteiger partial charge on any atom is 0.407 e. The van der Waals surface area contributed by atoms with Crippen molar-refractivity contribution in [3.05, 3.63) is 59.7 Å². The molecule has 8 nitrogen and oxygen atoms in total. The summed E-state index contributed by atoms with van der Waals surface area (Å²) < 4.78 is 5.45. The van der Waals surface area contributed by atoms with Crippen LogP contribution in [0.25, 0.3) is 11.1 Å². The molecule has 2 amide bonds. The largest absolute Gasteiger partial charge is 0.480 e. The van der Waals surface area contributed by atoms with Crippen LogP contribution in [0.3, 0.4) is 0 Å². The van der Waals surface area contributed by atoms with E-state index in [9.17, 15) is 14.4 Å². The van der Waals surface area contributed by atoms with Crippen molar-refractivity contribution < 1.29 is 29.3 Å². The van der Waals surface area contributed by atoms with Crippen molar-refractivity contribution in [2.75, 3.05) is 13.2 Å². The number of carboxylic acid groups (broad SMARTS) is 1. The van der Waals surface area contributed by atoms with Crippen molar-refractivity contribution in [3.63, 3.8) is 0 Å². The normalized spacial score (nSPS) is 14.3. The van der Waals surface area contributed by atoms with Crippen molar-refractivity contribution in [1.82, 2.24) is 10.6 Å². The first-order chi connectivity index (χ1) is 14.8. The Morgan fingerprint density at radius 2 is 1.52 bits per heavy atom. The highest BCUT2D eigenvalue weighted by Crippen LogP contribution is 2.44. The zero-order valence-electron chi connectivity index (χ0n) is 17.4. The second kappa shape index (κ2) is 9.61. The summed E-state index contributed by atoms with van der Waals surface area (Å²) in [6.07, 6.45) is -0.772. The SMILES string of the molecule is CC(C)[C@H](NC(=O)OCC1c2ccccc2-c2ccccc21)C(=O)N[C@H](CO)C(=O)O. The van der Waals surface area contributed by atoms with Gasteiger partial charge in [-0.15, -0.1) is 0 Å². The van der Waals surface area contributed by atoms with E-state index in [4.69, 9.17) is 14.9 Å². The lowest BCUT2D eigenvalue weighted by Crippen LogP contribution is -2.54. The van der Waals surface area contributed by atoms with E-state index in [1.54, 1.807) is 13.8 Å². The minimum Gasteiger partial charge on any atom is -0.480 e. The van der Waals surface area contributed by atoms with Crippen LogP contribution in [0.15, 0.2) is 48.5 Å². The van der Waals surface area contributed by atoms with E-state index < -0.39 is 36.7 Å². The van der Waals surface area contributed by atoms with Crippen LogP contribution in [-0.4, -0.2) is 53.5 Å². The predicted octanol–water partition coefficient (Wildman–Crippen LogP) is 2.11. The summed E-state index contributed by atoms with van der Waals surface area (Å²) in [5, 5.41) is 22.8. The van der Waals surface area contributed by atoms with Crippen molar-refractivity contribution in [1.29, 1.82) is 0 Å². The first-order valence-electron chi connectivity index (χ1n) is 10.1. The minimum absolute atomic E-state index is 0.0979. The van der Waals surface area contributed by atoms with Crippen LogP contribution in [0.4, 0.5) is 4.79 Å². The van der Waals surface area contributed by atoms with Gasteiger partial charge in [0.2, 0.25) is 5.91 Å². The summed E-state index contributed by atoms with van der Waals surface area (Å²) in [6, 6.07) is 13.4. The molecule has 0 aromatic heterocycles. The Hall–Kier alpha value is -3.39. The quantitative estimate of drug-likeness (QED) is 0.512. The average Bonchev–Trinajstić information content (AvgIpc) is 3.07. The van der Waals surface area contributed by atoms with Gasteiger partial charge in [-0.25, -0.2) is 9.59 Å². The highest BCUT2D eigenvalue weighted by molar-refractivity contribution is 5.89. The molecule has 8 heteroatoms. The zero-order valence-corrected chi connectivity index (χ0v) is 17.4. The van der Waals surface area contributed by atoms with Crippen molar-refractivity contribution in [2.24, 2.45) is 5.92 Å². The number of aliphatic hydroxyl groups is 1. The number of aliphatic hydroxyl groups excluding tert-OH is 1. The zero-order chi connectivity index (χ0) is 22.5. The molecule has 4 N–H and O–H groups in total. The summed E-state index contributed by atoms with van der Waals surface area (Å²) in [5.41, 5.74) is 4.36. The second-order valence-electron chi connectivity index (χ2n) is 7.77. The van der Waals surface area contributed by atoms with E-state index in [-0.39, 0.29) is 18.4 Å². The van der Waals surface area contributed by atoms with E-state index in [1.807, 2.05) is 48.5 Å². The number of benzene rings is 2. The number of hydrogen-bond donors (Lipinski definition) is 4. The van der Waals surface area contributed by atoms with Crippen molar-refractivity contribution in [2.45, 2.75) is 31.8 Å². The van der Waals surface area contributed by atoms with Gasteiger partial charge in [0.05, 0.1) is 6.61 Å². The number of rotatable bonds is 8. The van der Waals surface area contributed by atoms with Gasteiger partial charge >= 0.3 is 12.1 Å². The standard InChI is InChI=1S/C23H26N2O6/c1-13(2)20(21(27)24-19(11-26)22(28)29)25-23(30)31-12-18-16-9-5-3-7-14(16)15-8-4-6-10-17(15)18/h3-10,13,18-20,26H,11-12H2,1-2H3,(H,24,27)(H,25,30)(H,28,29)/t19-,20+/m1/s1. The highest BCUT2D eigenvalue weighted by atomic mass is 16.5. The van der Waals surface area contributed by atoms with Gasteiger partial charge in [0, 0.05) is 5.92 Å². The van der Waals surface area contributed by atoms with Crippen LogP contribution >= 0.6 is 0 Å². The summed E-state index contributed by atoms with van der Waals surface area (Å²) in [4.78, 5) is 35.9. The molecule has 2 aromatic rings. The molecule has 0 bridgehead atoms. The van der Waals surface area contributed by atoms with Crippen LogP contribution in [-0.2, 0) is 14.3 Å². The Kier molecular flexibility index (Phi) is 6.91. The molecule has 0 fully saturated rings. The van der Waals surface area contributed by atoms with Crippen molar-refractivity contribution in [3.8, 4) is 11.1 Å². The first kappa shape index (κ1) is 22.3. The Bertz CT molecular complexity index is 929. The van der Waals surface area contributed by atoms with Gasteiger partial charge in [0.1, 0.15) is 18.7 Å². The van der Waals surface area contributed by atoms with Crippen LogP contribution in [0.5, 0.6) is 0 Å². The summed E-state index contributed by atoms with van der Waals surface area (Å²) in [5.74, 6) is -2.51. The lowest BCUT2D eigenvalue weighted by Gasteiger charge is -2.23. The third-order valence-electron chi connectivity index (χ3n) is 5.36. The molecule has 0 radical (unpaired) electrons.